The third kappa shape index (κ3) is 4.60. The van der Waals surface area contributed by atoms with Crippen LogP contribution in [0.2, 0.25) is 0 Å². The molecule has 0 amide bonds. The molecule has 150 valence electrons. The summed E-state index contributed by atoms with van der Waals surface area (Å²) in [6, 6.07) is 17.5. The molecule has 0 saturated heterocycles. The van der Waals surface area contributed by atoms with Crippen LogP contribution >= 0.6 is 45.2 Å². The molecule has 0 radical (unpaired) electrons. The maximum atomic E-state index is 9.88. The first-order valence-electron chi connectivity index (χ1n) is 8.97. The fourth-order valence-corrected chi connectivity index (χ4v) is 4.87. The smallest absolute Gasteiger partial charge is 0.145 e. The zero-order valence-corrected chi connectivity index (χ0v) is 20.5. The molecule has 3 aromatic rings. The summed E-state index contributed by atoms with van der Waals surface area (Å²) in [6.45, 7) is 3.89. The zero-order chi connectivity index (χ0) is 21.8. The number of nitrogens with two attached hydrogens (primary N) is 1. The third-order valence-electron chi connectivity index (χ3n) is 4.10. The van der Waals surface area contributed by atoms with E-state index in [1.54, 1.807) is 6.08 Å². The first-order chi connectivity index (χ1) is 14.3. The molecule has 0 bridgehead atoms. The van der Waals surface area contributed by atoms with Crippen molar-refractivity contribution in [3.8, 4) is 23.6 Å². The van der Waals surface area contributed by atoms with Gasteiger partial charge in [-0.2, -0.15) is 15.6 Å². The van der Waals surface area contributed by atoms with Crippen molar-refractivity contribution in [3.63, 3.8) is 0 Å². The number of allylic oxidation sites excluding steroid dienone is 1. The Labute approximate surface area is 202 Å². The number of benzene rings is 2. The van der Waals surface area contributed by atoms with Gasteiger partial charge in [-0.15, -0.1) is 0 Å². The maximum Gasteiger partial charge on any atom is 0.145 e. The topological polar surface area (TPSA) is 101 Å². The van der Waals surface area contributed by atoms with E-state index in [-0.39, 0.29) is 28.8 Å². The molecule has 1 aromatic heterocycles. The quantitative estimate of drug-likeness (QED) is 0.305. The van der Waals surface area contributed by atoms with Crippen molar-refractivity contribution in [1.29, 1.82) is 10.5 Å². The number of hydrogen-bond donors (Lipinski definition) is 1. The van der Waals surface area contributed by atoms with E-state index in [4.69, 9.17) is 10.5 Å². The van der Waals surface area contributed by atoms with Gasteiger partial charge in [0.1, 0.15) is 35.0 Å². The van der Waals surface area contributed by atoms with Gasteiger partial charge < -0.3 is 10.5 Å². The van der Waals surface area contributed by atoms with Crippen LogP contribution in [0.3, 0.4) is 0 Å². The van der Waals surface area contributed by atoms with Gasteiger partial charge in [0.05, 0.1) is 20.9 Å². The summed E-state index contributed by atoms with van der Waals surface area (Å²) in [6.07, 6.45) is 1.67. The van der Waals surface area contributed by atoms with Crippen molar-refractivity contribution in [2.24, 2.45) is 0 Å². The van der Waals surface area contributed by atoms with Crippen molar-refractivity contribution in [3.05, 3.63) is 66.4 Å². The summed E-state index contributed by atoms with van der Waals surface area (Å²) in [4.78, 5) is 0. The molecule has 1 heterocycles. The minimum Gasteiger partial charge on any atom is -0.489 e. The number of nitrogens with zero attached hydrogens (tertiary/aromatic N) is 4. The van der Waals surface area contributed by atoms with Crippen molar-refractivity contribution >= 4 is 62.6 Å². The summed E-state index contributed by atoms with van der Waals surface area (Å²) in [7, 11) is 0. The number of aromatic nitrogens is 2. The summed E-state index contributed by atoms with van der Waals surface area (Å²) in [5, 5.41) is 24.1. The van der Waals surface area contributed by atoms with Gasteiger partial charge in [0, 0.05) is 9.13 Å². The molecule has 8 heteroatoms. The predicted molar refractivity (Wildman–Crippen MR) is 134 cm³/mol. The Morgan fingerprint density at radius 2 is 1.90 bits per heavy atom. The maximum absolute atomic E-state index is 9.88. The second-order valence-electron chi connectivity index (χ2n) is 6.61. The van der Waals surface area contributed by atoms with Crippen LogP contribution in [0.15, 0.2) is 42.5 Å². The van der Waals surface area contributed by atoms with Crippen LogP contribution in [0.4, 0.5) is 5.82 Å². The molecule has 0 saturated carbocycles. The Bertz CT molecular complexity index is 1200. The van der Waals surface area contributed by atoms with Gasteiger partial charge in [0.15, 0.2) is 0 Å². The number of anilines is 1. The lowest BCUT2D eigenvalue weighted by molar-refractivity contribution is 0.240. The van der Waals surface area contributed by atoms with Gasteiger partial charge in [0.2, 0.25) is 0 Å². The summed E-state index contributed by atoms with van der Waals surface area (Å²) in [5.41, 5.74) is 8.29. The van der Waals surface area contributed by atoms with Crippen LogP contribution in [-0.4, -0.2) is 15.9 Å². The van der Waals surface area contributed by atoms with Crippen LogP contribution in [0.1, 0.15) is 30.7 Å². The van der Waals surface area contributed by atoms with Gasteiger partial charge in [-0.1, -0.05) is 18.2 Å². The second kappa shape index (κ2) is 9.49. The highest BCUT2D eigenvalue weighted by Crippen LogP contribution is 2.33. The molecule has 2 N–H and O–H groups in total. The highest BCUT2D eigenvalue weighted by Gasteiger charge is 2.21. The van der Waals surface area contributed by atoms with Gasteiger partial charge in [-0.05, 0) is 89.4 Å². The van der Waals surface area contributed by atoms with Crippen LogP contribution in [0.25, 0.3) is 17.3 Å². The Morgan fingerprint density at radius 1 is 1.20 bits per heavy atom. The molecular weight excluding hydrogens is 604 g/mol. The minimum absolute atomic E-state index is 0.0288. The highest BCUT2D eigenvalue weighted by atomic mass is 127. The van der Waals surface area contributed by atoms with E-state index < -0.39 is 0 Å². The van der Waals surface area contributed by atoms with Gasteiger partial charge in [-0.3, -0.25) is 0 Å². The predicted octanol–water partition coefficient (Wildman–Crippen LogP) is 5.39. The molecule has 3 rings (SSSR count). The lowest BCUT2D eigenvalue weighted by Gasteiger charge is -2.15. The number of rotatable bonds is 5. The Morgan fingerprint density at radius 3 is 2.50 bits per heavy atom. The van der Waals surface area contributed by atoms with E-state index in [2.05, 4.69) is 62.4 Å². The van der Waals surface area contributed by atoms with E-state index in [1.807, 2.05) is 56.3 Å². The molecule has 0 spiro atoms. The molecule has 0 aliphatic heterocycles. The Balaban J connectivity index is 2.20. The number of hydrogen-bond acceptors (Lipinski definition) is 5. The Kier molecular flexibility index (Phi) is 7.00. The largest absolute Gasteiger partial charge is 0.489 e. The van der Waals surface area contributed by atoms with Crippen LogP contribution in [0, 0.1) is 29.8 Å². The molecule has 0 aliphatic carbocycles. The van der Waals surface area contributed by atoms with Crippen LogP contribution < -0.4 is 10.5 Å². The first-order valence-corrected chi connectivity index (χ1v) is 11.1. The number of ether oxygens (including phenoxy) is 1. The van der Waals surface area contributed by atoms with Crippen molar-refractivity contribution in [2.45, 2.75) is 20.0 Å². The van der Waals surface area contributed by atoms with E-state index in [1.165, 1.54) is 4.68 Å². The summed E-state index contributed by atoms with van der Waals surface area (Å²) < 4.78 is 9.41. The first kappa shape index (κ1) is 22.1. The molecule has 30 heavy (non-hydrogen) atoms. The minimum atomic E-state index is -0.0288. The molecule has 0 fully saturated rings. The molecule has 2 aromatic carbocycles. The molecular formula is C22H17I2N5O. The molecule has 0 unspecified atom stereocenters. The normalized spacial score (nSPS) is 11.2. The van der Waals surface area contributed by atoms with Gasteiger partial charge >= 0.3 is 0 Å². The van der Waals surface area contributed by atoms with Crippen LogP contribution in [0.5, 0.6) is 5.75 Å². The van der Waals surface area contributed by atoms with Crippen molar-refractivity contribution in [1.82, 2.24) is 9.78 Å². The fourth-order valence-electron chi connectivity index (χ4n) is 2.85. The van der Waals surface area contributed by atoms with Gasteiger partial charge in [0.25, 0.3) is 0 Å². The molecule has 6 nitrogen and oxygen atoms in total. The SMILES string of the molecule is CC(C)Oc1c(I)cc(I)cc1C=C(C#N)c1nn(-c2ccccc2)c(N)c1C#N. The van der Waals surface area contributed by atoms with E-state index in [0.29, 0.717) is 11.4 Å². The number of nitrogen functional groups attached to an aromatic ring is 1. The fraction of sp³-hybridized carbons (Fsp3) is 0.136. The molecule has 0 aliphatic rings. The van der Waals surface area contributed by atoms with E-state index in [0.717, 1.165) is 12.7 Å². The monoisotopic (exact) mass is 621 g/mol. The number of nitriles is 2. The van der Waals surface area contributed by atoms with E-state index >= 15 is 0 Å². The average Bonchev–Trinajstić information content (AvgIpc) is 3.05. The standard InChI is InChI=1S/C22H17I2N5O/c1-13(2)30-21-14(9-16(23)10-19(21)24)8-15(11-25)20-18(12-26)22(27)29(28-20)17-6-4-3-5-7-17/h3-10,13H,27H2,1-2H3. The van der Waals surface area contributed by atoms with Crippen molar-refractivity contribution in [2.75, 3.05) is 5.73 Å². The van der Waals surface area contributed by atoms with Crippen LogP contribution in [-0.2, 0) is 0 Å². The zero-order valence-electron chi connectivity index (χ0n) is 16.2. The third-order valence-corrected chi connectivity index (χ3v) is 5.52. The van der Waals surface area contributed by atoms with Gasteiger partial charge in [-0.25, -0.2) is 4.68 Å². The average molecular weight is 621 g/mol. The lowest BCUT2D eigenvalue weighted by atomic mass is 10.1. The lowest BCUT2D eigenvalue weighted by Crippen LogP contribution is -2.08. The second-order valence-corrected chi connectivity index (χ2v) is 9.02. The number of para-hydroxylation sites is 1. The molecule has 0 atom stereocenters. The summed E-state index contributed by atoms with van der Waals surface area (Å²) >= 11 is 4.44. The van der Waals surface area contributed by atoms with E-state index in [9.17, 15) is 10.5 Å². The van der Waals surface area contributed by atoms with Crippen molar-refractivity contribution < 1.29 is 4.74 Å². The number of halogens is 2. The summed E-state index contributed by atoms with van der Waals surface area (Å²) in [5.74, 6) is 0.878. The Hall–Kier alpha value is -2.57. The highest BCUT2D eigenvalue weighted by molar-refractivity contribution is 14.1.